The van der Waals surface area contributed by atoms with Gasteiger partial charge in [0, 0.05) is 25.8 Å². The number of likely N-dealkylation sites (N-methyl/N-ethyl adjacent to an activating group) is 1. The first-order valence-corrected chi connectivity index (χ1v) is 11.7. The van der Waals surface area contributed by atoms with Crippen molar-refractivity contribution in [3.05, 3.63) is 53.6 Å². The van der Waals surface area contributed by atoms with Crippen molar-refractivity contribution in [2.24, 2.45) is 0 Å². The van der Waals surface area contributed by atoms with Crippen LogP contribution in [0.25, 0.3) is 0 Å². The molecular weight excluding hydrogens is 458 g/mol. The second-order valence-electron chi connectivity index (χ2n) is 7.06. The molecule has 2 amide bonds. The molecule has 0 unspecified atom stereocenters. The largest absolute Gasteiger partial charge is 0.484 e. The lowest BCUT2D eigenvalue weighted by Gasteiger charge is -2.26. The monoisotopic (exact) mass is 481 g/mol. The fraction of sp³-hybridized carbons (Fsp3) is 0.333. The smallest absolute Gasteiger partial charge is 0.260 e. The number of hydrogen-bond donors (Lipinski definition) is 1. The summed E-state index contributed by atoms with van der Waals surface area (Å²) < 4.78 is 37.7. The molecule has 1 aliphatic rings. The van der Waals surface area contributed by atoms with Crippen molar-refractivity contribution >= 4 is 39.1 Å². The minimum Gasteiger partial charge on any atom is -0.484 e. The third-order valence-electron chi connectivity index (χ3n) is 4.71. The summed E-state index contributed by atoms with van der Waals surface area (Å²) in [5, 5.41) is 2.66. The van der Waals surface area contributed by atoms with Crippen LogP contribution in [0.4, 0.5) is 5.69 Å². The number of para-hydroxylation sites is 1. The summed E-state index contributed by atoms with van der Waals surface area (Å²) in [6, 6.07) is 13.1. The molecule has 32 heavy (non-hydrogen) atoms. The molecule has 1 N–H and O–H groups in total. The van der Waals surface area contributed by atoms with E-state index in [1.807, 2.05) is 6.07 Å². The fourth-order valence-electron chi connectivity index (χ4n) is 2.98. The van der Waals surface area contributed by atoms with Crippen LogP contribution in [0.1, 0.15) is 0 Å². The van der Waals surface area contributed by atoms with Crippen molar-refractivity contribution in [2.45, 2.75) is 4.90 Å². The summed E-state index contributed by atoms with van der Waals surface area (Å²) in [5.74, 6) is -0.317. The number of hydrogen-bond acceptors (Lipinski definition) is 6. The molecule has 9 nitrogen and oxygen atoms in total. The highest BCUT2D eigenvalue weighted by atomic mass is 35.5. The molecule has 11 heteroatoms. The Morgan fingerprint density at radius 2 is 1.84 bits per heavy atom. The summed E-state index contributed by atoms with van der Waals surface area (Å²) in [7, 11) is -2.35. The molecule has 1 aliphatic heterocycles. The molecule has 0 aromatic heterocycles. The lowest BCUT2D eigenvalue weighted by atomic mass is 10.3. The molecule has 1 fully saturated rings. The number of amides is 2. The van der Waals surface area contributed by atoms with E-state index in [9.17, 15) is 18.0 Å². The van der Waals surface area contributed by atoms with Gasteiger partial charge >= 0.3 is 0 Å². The van der Waals surface area contributed by atoms with E-state index in [0.717, 1.165) is 0 Å². The molecule has 1 saturated heterocycles. The van der Waals surface area contributed by atoms with E-state index < -0.39 is 15.9 Å². The molecule has 2 aromatic carbocycles. The zero-order chi connectivity index (χ0) is 23.1. The van der Waals surface area contributed by atoms with Gasteiger partial charge in [0.05, 0.1) is 24.8 Å². The van der Waals surface area contributed by atoms with Crippen molar-refractivity contribution in [2.75, 3.05) is 51.8 Å². The normalized spacial score (nSPS) is 14.6. The average Bonchev–Trinajstić information content (AvgIpc) is 2.79. The summed E-state index contributed by atoms with van der Waals surface area (Å²) in [4.78, 5) is 25.7. The van der Waals surface area contributed by atoms with Gasteiger partial charge in [-0.1, -0.05) is 29.8 Å². The van der Waals surface area contributed by atoms with Crippen molar-refractivity contribution < 1.29 is 27.5 Å². The molecule has 0 atom stereocenters. The van der Waals surface area contributed by atoms with Crippen LogP contribution >= 0.6 is 11.6 Å². The van der Waals surface area contributed by atoms with Crippen molar-refractivity contribution in [3.8, 4) is 5.75 Å². The lowest BCUT2D eigenvalue weighted by molar-refractivity contribution is -0.135. The standard InChI is InChI=1S/C21H24ClN3O6S/c1-24(21(27)15-31-17-5-3-2-4-6-17)14-20(26)23-16-7-8-18(22)19(13-16)32(28,29)25-9-11-30-12-10-25/h2-8,13H,9-12,14-15H2,1H3,(H,23,26). The van der Waals surface area contributed by atoms with Gasteiger partial charge < -0.3 is 19.7 Å². The van der Waals surface area contributed by atoms with E-state index in [-0.39, 0.29) is 47.8 Å². The van der Waals surface area contributed by atoms with Crippen LogP contribution in [0, 0.1) is 0 Å². The van der Waals surface area contributed by atoms with Crippen LogP contribution in [0.3, 0.4) is 0 Å². The summed E-state index contributed by atoms with van der Waals surface area (Å²) in [5.41, 5.74) is 0.257. The molecular formula is C21H24ClN3O6S. The minimum atomic E-state index is -3.83. The molecule has 0 aliphatic carbocycles. The second-order valence-corrected chi connectivity index (χ2v) is 9.37. The summed E-state index contributed by atoms with van der Waals surface area (Å²) in [6.45, 7) is 0.630. The Bertz CT molecular complexity index is 1060. The van der Waals surface area contributed by atoms with Crippen LogP contribution < -0.4 is 10.1 Å². The minimum absolute atomic E-state index is 0.0554. The predicted octanol–water partition coefficient (Wildman–Crippen LogP) is 1.84. The molecule has 0 saturated carbocycles. The van der Waals surface area contributed by atoms with Crippen LogP contribution in [0.5, 0.6) is 5.75 Å². The first kappa shape index (κ1) is 24.0. The topological polar surface area (TPSA) is 105 Å². The van der Waals surface area contributed by atoms with Crippen molar-refractivity contribution in [1.29, 1.82) is 0 Å². The Labute approximate surface area is 191 Å². The Morgan fingerprint density at radius 3 is 2.53 bits per heavy atom. The molecule has 2 aromatic rings. The van der Waals surface area contributed by atoms with Gasteiger partial charge in [0.25, 0.3) is 5.91 Å². The van der Waals surface area contributed by atoms with Crippen LogP contribution in [0.2, 0.25) is 5.02 Å². The van der Waals surface area contributed by atoms with Crippen molar-refractivity contribution in [1.82, 2.24) is 9.21 Å². The third-order valence-corrected chi connectivity index (χ3v) is 7.10. The van der Waals surface area contributed by atoms with E-state index in [0.29, 0.717) is 19.0 Å². The number of ether oxygens (including phenoxy) is 2. The fourth-order valence-corrected chi connectivity index (χ4v) is 4.89. The number of nitrogens with one attached hydrogen (secondary N) is 1. The van der Waals surface area contributed by atoms with Crippen molar-refractivity contribution in [3.63, 3.8) is 0 Å². The third kappa shape index (κ3) is 6.19. The predicted molar refractivity (Wildman–Crippen MR) is 119 cm³/mol. The maximum absolute atomic E-state index is 12.9. The summed E-state index contributed by atoms with van der Waals surface area (Å²) >= 11 is 6.13. The first-order chi connectivity index (χ1) is 15.3. The number of carbonyl (C=O) groups is 2. The Morgan fingerprint density at radius 1 is 1.16 bits per heavy atom. The number of nitrogens with zero attached hydrogens (tertiary/aromatic N) is 2. The SMILES string of the molecule is CN(CC(=O)Nc1ccc(Cl)c(S(=O)(=O)N2CCOCC2)c1)C(=O)COc1ccccc1. The van der Waals surface area contributed by atoms with Gasteiger partial charge in [-0.15, -0.1) is 0 Å². The molecule has 1 heterocycles. The Balaban J connectivity index is 1.60. The number of carbonyl (C=O) groups excluding carboxylic acids is 2. The maximum Gasteiger partial charge on any atom is 0.260 e. The molecule has 0 radical (unpaired) electrons. The van der Waals surface area contributed by atoms with Gasteiger partial charge in [-0.2, -0.15) is 4.31 Å². The van der Waals surface area contributed by atoms with E-state index in [4.69, 9.17) is 21.1 Å². The number of halogens is 1. The zero-order valence-electron chi connectivity index (χ0n) is 17.5. The highest BCUT2D eigenvalue weighted by Gasteiger charge is 2.28. The zero-order valence-corrected chi connectivity index (χ0v) is 19.1. The molecule has 172 valence electrons. The Hall–Kier alpha value is -2.66. The second kappa shape index (κ2) is 10.8. The van der Waals surface area contributed by atoms with Gasteiger partial charge in [-0.05, 0) is 30.3 Å². The van der Waals surface area contributed by atoms with E-state index in [1.54, 1.807) is 24.3 Å². The van der Waals surface area contributed by atoms with Gasteiger partial charge in [0.15, 0.2) is 6.61 Å². The maximum atomic E-state index is 12.9. The van der Waals surface area contributed by atoms with E-state index in [1.165, 1.54) is 34.5 Å². The van der Waals surface area contributed by atoms with E-state index in [2.05, 4.69) is 5.32 Å². The number of sulfonamides is 1. The molecule has 0 spiro atoms. The molecule has 0 bridgehead atoms. The summed E-state index contributed by atoms with van der Waals surface area (Å²) in [6.07, 6.45) is 0. The van der Waals surface area contributed by atoms with Gasteiger partial charge in [-0.3, -0.25) is 9.59 Å². The lowest BCUT2D eigenvalue weighted by Crippen LogP contribution is -2.40. The highest BCUT2D eigenvalue weighted by Crippen LogP contribution is 2.28. The van der Waals surface area contributed by atoms with Crippen LogP contribution in [-0.2, 0) is 24.3 Å². The first-order valence-electron chi connectivity index (χ1n) is 9.86. The van der Waals surface area contributed by atoms with Gasteiger partial charge in [-0.25, -0.2) is 8.42 Å². The van der Waals surface area contributed by atoms with Gasteiger partial charge in [0.1, 0.15) is 10.6 Å². The highest BCUT2D eigenvalue weighted by molar-refractivity contribution is 7.89. The quantitative estimate of drug-likeness (QED) is 0.616. The average molecular weight is 482 g/mol. The van der Waals surface area contributed by atoms with Gasteiger partial charge in [0.2, 0.25) is 15.9 Å². The van der Waals surface area contributed by atoms with Crippen LogP contribution in [0.15, 0.2) is 53.4 Å². The molecule has 3 rings (SSSR count). The number of morpholine rings is 1. The number of benzene rings is 2. The van der Waals surface area contributed by atoms with E-state index >= 15 is 0 Å². The van der Waals surface area contributed by atoms with Crippen LogP contribution in [-0.4, -0.2) is 75.9 Å². The number of anilines is 1. The number of rotatable bonds is 8. The Kier molecular flexibility index (Phi) is 8.08.